The highest BCUT2D eigenvalue weighted by Gasteiger charge is 2.39. The average Bonchev–Trinajstić information content (AvgIpc) is 2.50. The molecule has 0 aliphatic carbocycles. The minimum atomic E-state index is -4.97. The third-order valence-corrected chi connectivity index (χ3v) is 5.82. The number of nitrogens with one attached hydrogen (secondary N) is 1. The van der Waals surface area contributed by atoms with Crippen LogP contribution in [-0.4, -0.2) is 39.8 Å². The van der Waals surface area contributed by atoms with Crippen molar-refractivity contribution in [2.45, 2.75) is 25.4 Å². The first-order valence-electron chi connectivity index (χ1n) is 7.39. The van der Waals surface area contributed by atoms with Gasteiger partial charge < -0.3 is 10.1 Å². The molecule has 1 aromatic rings. The van der Waals surface area contributed by atoms with Gasteiger partial charge in [-0.2, -0.15) is 23.8 Å². The molecule has 2 rings (SSSR count). The van der Waals surface area contributed by atoms with E-state index in [1.54, 1.807) is 12.1 Å². The second-order valence-electron chi connectivity index (χ2n) is 5.83. The van der Waals surface area contributed by atoms with E-state index >= 15 is 0 Å². The minimum Gasteiger partial charge on any atom is -0.497 e. The Morgan fingerprint density at radius 3 is 2.50 bits per heavy atom. The summed E-state index contributed by atoms with van der Waals surface area (Å²) in [5.74, 6) is -0.959. The summed E-state index contributed by atoms with van der Waals surface area (Å²) < 4.78 is 61.7. The zero-order valence-corrected chi connectivity index (χ0v) is 13.9. The zero-order valence-electron chi connectivity index (χ0n) is 13.1. The maximum atomic E-state index is 12.5. The van der Waals surface area contributed by atoms with E-state index in [-0.39, 0.29) is 11.6 Å². The van der Waals surface area contributed by atoms with E-state index < -0.39 is 22.7 Å². The van der Waals surface area contributed by atoms with Crippen molar-refractivity contribution >= 4 is 22.2 Å². The molecule has 5 nitrogen and oxygen atoms in total. The molecule has 1 aliphatic heterocycles. The van der Waals surface area contributed by atoms with Crippen molar-refractivity contribution in [1.82, 2.24) is 0 Å². The molecule has 0 bridgehead atoms. The third kappa shape index (κ3) is 5.02. The van der Waals surface area contributed by atoms with Crippen LogP contribution in [0.25, 0.3) is 0 Å². The van der Waals surface area contributed by atoms with Crippen LogP contribution < -0.4 is 10.1 Å². The highest BCUT2D eigenvalue weighted by atomic mass is 32.3. The van der Waals surface area contributed by atoms with Gasteiger partial charge in [0, 0.05) is 23.3 Å². The molecule has 0 radical (unpaired) electrons. The summed E-state index contributed by atoms with van der Waals surface area (Å²) in [5, 5.41) is 1.89. The number of halogens is 3. The van der Waals surface area contributed by atoms with E-state index in [0.717, 1.165) is 0 Å². The van der Waals surface area contributed by atoms with Gasteiger partial charge in [0.2, 0.25) is 0 Å². The van der Waals surface area contributed by atoms with Crippen molar-refractivity contribution in [2.75, 3.05) is 23.9 Å². The van der Waals surface area contributed by atoms with Crippen LogP contribution in [0.4, 0.5) is 18.9 Å². The molecule has 24 heavy (non-hydrogen) atoms. The lowest BCUT2D eigenvalue weighted by Gasteiger charge is -2.39. The van der Waals surface area contributed by atoms with Gasteiger partial charge in [-0.25, -0.2) is 0 Å². The van der Waals surface area contributed by atoms with Crippen LogP contribution in [0.3, 0.4) is 0 Å². The average molecular weight is 367 g/mol. The van der Waals surface area contributed by atoms with Crippen molar-refractivity contribution < 1.29 is 31.8 Å². The summed E-state index contributed by atoms with van der Waals surface area (Å²) in [6.45, 7) is 0. The number of alkyl halides is 3. The summed E-state index contributed by atoms with van der Waals surface area (Å²) in [5.41, 5.74) is 0.630. The molecule has 1 aromatic carbocycles. The Kier molecular flexibility index (Phi) is 5.67. The number of carbonyl (C=O) groups is 1. The molecule has 9 heteroatoms. The quantitative estimate of drug-likeness (QED) is 0.754. The minimum absolute atomic E-state index is 0.0638. The Morgan fingerprint density at radius 1 is 1.33 bits per heavy atom. The van der Waals surface area contributed by atoms with Crippen molar-refractivity contribution in [2.24, 2.45) is 5.92 Å². The van der Waals surface area contributed by atoms with Crippen LogP contribution >= 0.6 is 10.6 Å². The number of ether oxygens (including phenoxy) is 1. The number of rotatable bonds is 4. The van der Waals surface area contributed by atoms with Crippen LogP contribution in [0.5, 0.6) is 5.75 Å². The van der Waals surface area contributed by atoms with Crippen LogP contribution in [-0.2, 0) is 11.2 Å². The van der Waals surface area contributed by atoms with E-state index in [1.807, 2.05) is 5.32 Å². The molecule has 1 amide bonds. The molecule has 1 aliphatic rings. The SMILES string of the molecule is COc1ccc(CC2CCS(O)(O)CC2)c(NC(=O)C(F)(F)F)c1. The Morgan fingerprint density at radius 2 is 1.96 bits per heavy atom. The maximum Gasteiger partial charge on any atom is 0.471 e. The Bertz CT molecular complexity index is 597. The van der Waals surface area contributed by atoms with Gasteiger partial charge in [0.15, 0.2) is 0 Å². The van der Waals surface area contributed by atoms with E-state index in [1.165, 1.54) is 13.2 Å². The van der Waals surface area contributed by atoms with Crippen molar-refractivity contribution in [3.8, 4) is 5.75 Å². The van der Waals surface area contributed by atoms with Gasteiger partial charge >= 0.3 is 12.1 Å². The fourth-order valence-electron chi connectivity index (χ4n) is 2.64. The number of methoxy groups -OCH3 is 1. The van der Waals surface area contributed by atoms with E-state index in [4.69, 9.17) is 4.74 Å². The molecule has 0 unspecified atom stereocenters. The smallest absolute Gasteiger partial charge is 0.471 e. The molecule has 0 aromatic heterocycles. The highest BCUT2D eigenvalue weighted by Crippen LogP contribution is 2.46. The predicted octanol–water partition coefficient (Wildman–Crippen LogP) is 3.90. The first-order chi connectivity index (χ1) is 11.1. The zero-order chi connectivity index (χ0) is 18.0. The van der Waals surface area contributed by atoms with Crippen LogP contribution in [0.1, 0.15) is 18.4 Å². The molecule has 0 spiro atoms. The standard InChI is InChI=1S/C15H20F3NO4S/c1-23-12-3-2-11(8-10-4-6-24(21,22)7-5-10)13(9-12)19-14(20)15(16,17)18/h2-3,9-10,21-22H,4-8H2,1H3,(H,19,20). The maximum absolute atomic E-state index is 12.5. The summed E-state index contributed by atoms with van der Waals surface area (Å²) >= 11 is 0. The molecular formula is C15H20F3NO4S. The topological polar surface area (TPSA) is 78.8 Å². The van der Waals surface area contributed by atoms with Crippen molar-refractivity contribution in [3.05, 3.63) is 23.8 Å². The van der Waals surface area contributed by atoms with Crippen molar-refractivity contribution in [3.63, 3.8) is 0 Å². The first kappa shape index (κ1) is 18.9. The molecule has 1 saturated heterocycles. The molecule has 3 N–H and O–H groups in total. The van der Waals surface area contributed by atoms with Gasteiger partial charge in [0.25, 0.3) is 0 Å². The van der Waals surface area contributed by atoms with Gasteiger partial charge in [-0.1, -0.05) is 6.07 Å². The highest BCUT2D eigenvalue weighted by molar-refractivity contribution is 8.24. The predicted molar refractivity (Wildman–Crippen MR) is 86.7 cm³/mol. The number of carbonyl (C=O) groups excluding carboxylic acids is 1. The normalized spacial score (nSPS) is 19.6. The molecule has 1 fully saturated rings. The van der Waals surface area contributed by atoms with E-state index in [9.17, 15) is 27.1 Å². The number of hydrogen-bond acceptors (Lipinski definition) is 4. The fraction of sp³-hybridized carbons (Fsp3) is 0.533. The van der Waals surface area contributed by atoms with Crippen LogP contribution in [0.2, 0.25) is 0 Å². The first-order valence-corrected chi connectivity index (χ1v) is 9.28. The van der Waals surface area contributed by atoms with Crippen LogP contribution in [0.15, 0.2) is 18.2 Å². The summed E-state index contributed by atoms with van der Waals surface area (Å²) in [4.78, 5) is 11.2. The molecular weight excluding hydrogens is 347 g/mol. The van der Waals surface area contributed by atoms with E-state index in [2.05, 4.69) is 0 Å². The van der Waals surface area contributed by atoms with Gasteiger partial charge in [-0.3, -0.25) is 13.9 Å². The largest absolute Gasteiger partial charge is 0.497 e. The lowest BCUT2D eigenvalue weighted by molar-refractivity contribution is -0.167. The number of hydrogen-bond donors (Lipinski definition) is 3. The van der Waals surface area contributed by atoms with Gasteiger partial charge in [-0.05, 0) is 36.8 Å². The number of amides is 1. The van der Waals surface area contributed by atoms with Crippen LogP contribution in [0, 0.1) is 5.92 Å². The molecule has 0 atom stereocenters. The summed E-state index contributed by atoms with van der Waals surface area (Å²) in [7, 11) is -1.12. The summed E-state index contributed by atoms with van der Waals surface area (Å²) in [6.07, 6.45) is -3.35. The Labute approximate surface area is 139 Å². The Hall–Kier alpha value is -1.45. The monoisotopic (exact) mass is 367 g/mol. The summed E-state index contributed by atoms with van der Waals surface area (Å²) in [6, 6.07) is 4.60. The van der Waals surface area contributed by atoms with Gasteiger partial charge in [-0.15, -0.1) is 0 Å². The lowest BCUT2D eigenvalue weighted by atomic mass is 9.93. The number of anilines is 1. The van der Waals surface area contributed by atoms with Gasteiger partial charge in [0.05, 0.1) is 7.11 Å². The van der Waals surface area contributed by atoms with E-state index in [0.29, 0.717) is 42.1 Å². The third-order valence-electron chi connectivity index (χ3n) is 4.04. The second kappa shape index (κ2) is 7.20. The molecule has 1 heterocycles. The fourth-order valence-corrected chi connectivity index (χ4v) is 4.27. The lowest BCUT2D eigenvalue weighted by Crippen LogP contribution is -2.30. The molecule has 0 saturated carbocycles. The Balaban J connectivity index is 2.15. The molecule has 136 valence electrons. The number of benzene rings is 1. The van der Waals surface area contributed by atoms with Gasteiger partial charge in [0.1, 0.15) is 5.75 Å². The van der Waals surface area contributed by atoms with Crippen molar-refractivity contribution in [1.29, 1.82) is 0 Å². The second-order valence-corrected chi connectivity index (χ2v) is 8.25.